The molecule has 198 valence electrons. The van der Waals surface area contributed by atoms with Gasteiger partial charge in [-0.2, -0.15) is 8.42 Å². The summed E-state index contributed by atoms with van der Waals surface area (Å²) < 4.78 is 41.0. The number of hydrogen-bond donors (Lipinski definition) is 5. The molecule has 1 heterocycles. The molecule has 1 aliphatic heterocycles. The summed E-state index contributed by atoms with van der Waals surface area (Å²) in [5.41, 5.74) is 6.72. The summed E-state index contributed by atoms with van der Waals surface area (Å²) in [5, 5.41) is 22.9. The van der Waals surface area contributed by atoms with Crippen LogP contribution in [0.5, 0.6) is 0 Å². The monoisotopic (exact) mass is 517 g/mol. The van der Waals surface area contributed by atoms with Gasteiger partial charge in [-0.1, -0.05) is 44.2 Å². The normalized spacial score (nSPS) is 23.1. The van der Waals surface area contributed by atoms with E-state index in [9.17, 15) is 28.2 Å². The van der Waals surface area contributed by atoms with Gasteiger partial charge in [0, 0.05) is 13.0 Å². The van der Waals surface area contributed by atoms with Crippen LogP contribution in [0.4, 0.5) is 4.79 Å². The van der Waals surface area contributed by atoms with Crippen LogP contribution in [0.1, 0.15) is 32.3 Å². The van der Waals surface area contributed by atoms with E-state index in [0.29, 0.717) is 13.0 Å². The molecule has 0 aromatic heterocycles. The zero-order valence-electron chi connectivity index (χ0n) is 19.8. The molecule has 1 aromatic rings. The molecule has 0 spiro atoms. The van der Waals surface area contributed by atoms with Crippen molar-refractivity contribution in [3.8, 4) is 0 Å². The number of amides is 2. The van der Waals surface area contributed by atoms with Gasteiger partial charge in [0.15, 0.2) is 0 Å². The molecule has 5 atom stereocenters. The Kier molecular flexibility index (Phi) is 11.3. The van der Waals surface area contributed by atoms with E-state index in [1.807, 2.05) is 44.2 Å². The van der Waals surface area contributed by atoms with Crippen molar-refractivity contribution >= 4 is 22.3 Å². The summed E-state index contributed by atoms with van der Waals surface area (Å²) in [4.78, 5) is 23.7. The zero-order valence-corrected chi connectivity index (χ0v) is 20.6. The summed E-state index contributed by atoms with van der Waals surface area (Å²) in [6, 6.07) is 8.57. The first-order chi connectivity index (χ1) is 16.5. The van der Waals surface area contributed by atoms with Crippen molar-refractivity contribution < 1.29 is 41.9 Å². The Labute approximate surface area is 205 Å². The third kappa shape index (κ3) is 10.1. The van der Waals surface area contributed by atoms with Crippen LogP contribution in [-0.2, 0) is 35.2 Å². The van der Waals surface area contributed by atoms with Gasteiger partial charge in [0.1, 0.15) is 18.3 Å². The number of nitrogens with two attached hydrogens (primary N) is 1. The van der Waals surface area contributed by atoms with Gasteiger partial charge >= 0.3 is 16.4 Å². The molecule has 0 saturated carbocycles. The van der Waals surface area contributed by atoms with Crippen LogP contribution in [-0.4, -0.2) is 80.8 Å². The molecule has 1 aliphatic rings. The van der Waals surface area contributed by atoms with E-state index in [2.05, 4.69) is 5.32 Å². The Morgan fingerprint density at radius 3 is 2.46 bits per heavy atom. The molecular weight excluding hydrogens is 482 g/mol. The number of alkyl carbamates (subject to hydrolysis) is 1. The number of benzene rings is 1. The minimum absolute atomic E-state index is 0.0639. The van der Waals surface area contributed by atoms with Crippen LogP contribution in [0, 0.1) is 5.92 Å². The molecule has 1 fully saturated rings. The minimum Gasteiger partial charge on any atom is -0.449 e. The zero-order chi connectivity index (χ0) is 26.0. The lowest BCUT2D eigenvalue weighted by atomic mass is 10.0. The fourth-order valence-corrected chi connectivity index (χ4v) is 4.24. The first-order valence-corrected chi connectivity index (χ1v) is 12.8. The lowest BCUT2D eigenvalue weighted by Crippen LogP contribution is -2.45. The summed E-state index contributed by atoms with van der Waals surface area (Å²) in [5.74, 6) is -0.826. The van der Waals surface area contributed by atoms with Crippen LogP contribution in [0.3, 0.4) is 0 Å². The van der Waals surface area contributed by atoms with Crippen LogP contribution >= 0.6 is 0 Å². The highest BCUT2D eigenvalue weighted by molar-refractivity contribution is 7.85. The van der Waals surface area contributed by atoms with Crippen molar-refractivity contribution in [1.82, 2.24) is 10.0 Å². The summed E-state index contributed by atoms with van der Waals surface area (Å²) in [6.07, 6.45) is -4.51. The SMILES string of the molecule is CC(C)CC(N)C(=O)NS(=O)(=O)OCC1OC(CCOC(=O)NCCc2ccccc2)C(O)C1O. The van der Waals surface area contributed by atoms with Crippen molar-refractivity contribution in [3.05, 3.63) is 35.9 Å². The van der Waals surface area contributed by atoms with E-state index in [1.165, 1.54) is 0 Å². The topological polar surface area (TPSA) is 187 Å². The van der Waals surface area contributed by atoms with E-state index in [4.69, 9.17) is 19.4 Å². The molecule has 0 aliphatic carbocycles. The third-order valence-electron chi connectivity index (χ3n) is 5.30. The van der Waals surface area contributed by atoms with E-state index in [-0.39, 0.29) is 25.4 Å². The Morgan fingerprint density at radius 1 is 1.14 bits per heavy atom. The average Bonchev–Trinajstić information content (AvgIpc) is 3.06. The smallest absolute Gasteiger partial charge is 0.407 e. The third-order valence-corrected chi connectivity index (χ3v) is 6.20. The summed E-state index contributed by atoms with van der Waals surface area (Å²) in [7, 11) is -4.49. The molecule has 5 unspecified atom stereocenters. The Morgan fingerprint density at radius 2 is 1.80 bits per heavy atom. The van der Waals surface area contributed by atoms with Crippen LogP contribution in [0.15, 0.2) is 30.3 Å². The molecule has 1 aromatic carbocycles. The maximum atomic E-state index is 12.0. The number of nitrogens with one attached hydrogen (secondary N) is 2. The van der Waals surface area contributed by atoms with Gasteiger partial charge in [0.2, 0.25) is 0 Å². The molecule has 13 heteroatoms. The van der Waals surface area contributed by atoms with E-state index in [0.717, 1.165) is 5.56 Å². The number of aliphatic hydroxyl groups is 2. The maximum absolute atomic E-state index is 12.0. The molecule has 6 N–H and O–H groups in total. The van der Waals surface area contributed by atoms with Crippen molar-refractivity contribution in [2.45, 2.75) is 63.6 Å². The molecule has 1 saturated heterocycles. The number of ether oxygens (including phenoxy) is 2. The highest BCUT2D eigenvalue weighted by Gasteiger charge is 2.43. The van der Waals surface area contributed by atoms with E-state index in [1.54, 1.807) is 4.72 Å². The Bertz CT molecular complexity index is 914. The number of rotatable bonds is 13. The van der Waals surface area contributed by atoms with Crippen LogP contribution in [0.2, 0.25) is 0 Å². The number of carbonyl (C=O) groups is 2. The predicted molar refractivity (Wildman–Crippen MR) is 125 cm³/mol. The summed E-state index contributed by atoms with van der Waals surface area (Å²) in [6.45, 7) is 3.32. The first-order valence-electron chi connectivity index (χ1n) is 11.4. The fourth-order valence-electron chi connectivity index (χ4n) is 3.47. The van der Waals surface area contributed by atoms with Gasteiger partial charge in [-0.15, -0.1) is 0 Å². The molecule has 2 amide bonds. The second-order valence-electron chi connectivity index (χ2n) is 8.72. The van der Waals surface area contributed by atoms with Crippen molar-refractivity contribution in [2.75, 3.05) is 19.8 Å². The van der Waals surface area contributed by atoms with Gasteiger partial charge in [-0.05, 0) is 24.3 Å². The quantitative estimate of drug-likeness (QED) is 0.230. The lowest BCUT2D eigenvalue weighted by Gasteiger charge is -2.17. The highest BCUT2D eigenvalue weighted by atomic mass is 32.2. The molecule has 2 rings (SSSR count). The number of hydrogen-bond acceptors (Lipinski definition) is 10. The van der Waals surface area contributed by atoms with E-state index >= 15 is 0 Å². The fraction of sp³-hybridized carbons (Fsp3) is 0.636. The second-order valence-corrected chi connectivity index (χ2v) is 10.1. The Balaban J connectivity index is 1.70. The molecular formula is C22H35N3O9S. The first kappa shape index (κ1) is 28.9. The molecule has 0 bridgehead atoms. The molecule has 35 heavy (non-hydrogen) atoms. The average molecular weight is 518 g/mol. The minimum atomic E-state index is -4.49. The second kappa shape index (κ2) is 13.7. The summed E-state index contributed by atoms with van der Waals surface area (Å²) >= 11 is 0. The van der Waals surface area contributed by atoms with Crippen LogP contribution in [0.25, 0.3) is 0 Å². The lowest BCUT2D eigenvalue weighted by molar-refractivity contribution is -0.121. The van der Waals surface area contributed by atoms with Crippen LogP contribution < -0.4 is 15.8 Å². The van der Waals surface area contributed by atoms with Gasteiger partial charge in [-0.25, -0.2) is 9.52 Å². The largest absolute Gasteiger partial charge is 0.449 e. The van der Waals surface area contributed by atoms with Crippen molar-refractivity contribution in [1.29, 1.82) is 0 Å². The molecule has 12 nitrogen and oxygen atoms in total. The van der Waals surface area contributed by atoms with Gasteiger partial charge in [-0.3, -0.25) is 8.98 Å². The van der Waals surface area contributed by atoms with E-state index < -0.39 is 59.4 Å². The van der Waals surface area contributed by atoms with Crippen molar-refractivity contribution in [3.63, 3.8) is 0 Å². The van der Waals surface area contributed by atoms with Gasteiger partial charge in [0.25, 0.3) is 5.91 Å². The standard InChI is InChI=1S/C22H35N3O9S/c1-14(2)12-16(23)21(28)25-35(30,31)33-13-18-20(27)19(26)17(34-18)9-11-32-22(29)24-10-8-15-6-4-3-5-7-15/h3-7,14,16-20,26-27H,8-13,23H2,1-2H3,(H,24,29)(H,25,28). The van der Waals surface area contributed by atoms with Gasteiger partial charge < -0.3 is 30.7 Å². The predicted octanol–water partition coefficient (Wildman–Crippen LogP) is -0.414. The number of aliphatic hydroxyl groups excluding tert-OH is 2. The highest BCUT2D eigenvalue weighted by Crippen LogP contribution is 2.24. The molecule has 0 radical (unpaired) electrons. The van der Waals surface area contributed by atoms with Crippen molar-refractivity contribution in [2.24, 2.45) is 11.7 Å². The van der Waals surface area contributed by atoms with Gasteiger partial charge in [0.05, 0.1) is 25.4 Å². The number of carbonyl (C=O) groups excluding carboxylic acids is 2. The Hall–Kier alpha value is -2.29. The maximum Gasteiger partial charge on any atom is 0.407 e.